The van der Waals surface area contributed by atoms with Crippen molar-refractivity contribution in [1.82, 2.24) is 5.32 Å². The molecule has 0 fully saturated rings. The minimum absolute atomic E-state index is 0.0757. The summed E-state index contributed by atoms with van der Waals surface area (Å²) in [6.45, 7) is 2.23. The monoisotopic (exact) mass is 285 g/mol. The van der Waals surface area contributed by atoms with Gasteiger partial charge in [-0.15, -0.1) is 0 Å². The molecule has 1 unspecified atom stereocenters. The summed E-state index contributed by atoms with van der Waals surface area (Å²) in [7, 11) is 0. The number of hydrogen-bond acceptors (Lipinski definition) is 2. The van der Waals surface area contributed by atoms with E-state index in [2.05, 4.69) is 17.0 Å². The zero-order valence-electron chi connectivity index (χ0n) is 12.4. The molecule has 2 nitrogen and oxygen atoms in total. The maximum atomic E-state index is 12.5. The molecule has 0 aliphatic carbocycles. The van der Waals surface area contributed by atoms with Crippen molar-refractivity contribution in [3.8, 4) is 5.75 Å². The summed E-state index contributed by atoms with van der Waals surface area (Å²) in [6, 6.07) is 7.14. The zero-order chi connectivity index (χ0) is 14.8. The lowest BCUT2D eigenvalue weighted by Gasteiger charge is -2.21. The van der Waals surface area contributed by atoms with E-state index in [1.807, 2.05) is 19.1 Å². The van der Waals surface area contributed by atoms with Gasteiger partial charge in [0.2, 0.25) is 0 Å². The van der Waals surface area contributed by atoms with Crippen LogP contribution >= 0.6 is 0 Å². The van der Waals surface area contributed by atoms with Gasteiger partial charge in [0.1, 0.15) is 5.75 Å². The number of nitrogens with one attached hydrogen (secondary N) is 1. The number of alkyl halides is 2. The van der Waals surface area contributed by atoms with Crippen LogP contribution in [0, 0.1) is 0 Å². The Morgan fingerprint density at radius 2 is 1.85 bits per heavy atom. The predicted molar refractivity (Wildman–Crippen MR) is 78.3 cm³/mol. The van der Waals surface area contributed by atoms with Gasteiger partial charge in [-0.05, 0) is 19.0 Å². The van der Waals surface area contributed by atoms with Gasteiger partial charge in [0.25, 0.3) is 0 Å². The average molecular weight is 285 g/mol. The SMILES string of the molecule is CCCCCCC(NCC)c1ccccc1OC(F)F. The van der Waals surface area contributed by atoms with Crippen LogP contribution in [-0.4, -0.2) is 13.2 Å². The summed E-state index contributed by atoms with van der Waals surface area (Å²) in [5.41, 5.74) is 0.825. The molecule has 0 saturated heterocycles. The number of para-hydroxylation sites is 1. The van der Waals surface area contributed by atoms with Crippen molar-refractivity contribution in [3.05, 3.63) is 29.8 Å². The first kappa shape index (κ1) is 16.9. The van der Waals surface area contributed by atoms with Gasteiger partial charge in [0.15, 0.2) is 0 Å². The van der Waals surface area contributed by atoms with E-state index in [1.165, 1.54) is 19.3 Å². The highest BCUT2D eigenvalue weighted by Crippen LogP contribution is 2.29. The van der Waals surface area contributed by atoms with Crippen LogP contribution in [0.25, 0.3) is 0 Å². The molecule has 4 heteroatoms. The van der Waals surface area contributed by atoms with Gasteiger partial charge in [0.05, 0.1) is 0 Å². The first-order valence-electron chi connectivity index (χ1n) is 7.46. The Kier molecular flexibility index (Phi) is 8.19. The molecule has 1 aromatic rings. The molecular formula is C16H25F2NO. The van der Waals surface area contributed by atoms with Crippen LogP contribution in [0.3, 0.4) is 0 Å². The van der Waals surface area contributed by atoms with Crippen molar-refractivity contribution in [2.24, 2.45) is 0 Å². The number of halogens is 2. The smallest absolute Gasteiger partial charge is 0.387 e. The second-order valence-electron chi connectivity index (χ2n) is 4.88. The summed E-state index contributed by atoms with van der Waals surface area (Å²) >= 11 is 0. The van der Waals surface area contributed by atoms with Crippen molar-refractivity contribution in [2.75, 3.05) is 6.54 Å². The second-order valence-corrected chi connectivity index (χ2v) is 4.88. The number of unbranched alkanes of at least 4 members (excludes halogenated alkanes) is 3. The molecule has 0 radical (unpaired) electrons. The number of rotatable bonds is 10. The molecular weight excluding hydrogens is 260 g/mol. The minimum Gasteiger partial charge on any atom is -0.434 e. The van der Waals surface area contributed by atoms with Gasteiger partial charge in [0, 0.05) is 11.6 Å². The predicted octanol–water partition coefficient (Wildman–Crippen LogP) is 4.91. The molecule has 0 aliphatic heterocycles. The Morgan fingerprint density at radius 1 is 1.10 bits per heavy atom. The van der Waals surface area contributed by atoms with Crippen LogP contribution in [-0.2, 0) is 0 Å². The van der Waals surface area contributed by atoms with Crippen molar-refractivity contribution in [2.45, 2.75) is 58.6 Å². The maximum Gasteiger partial charge on any atom is 0.387 e. The summed E-state index contributed by atoms with van der Waals surface area (Å²) < 4.78 is 29.5. The summed E-state index contributed by atoms with van der Waals surface area (Å²) in [6.07, 6.45) is 5.62. The molecule has 20 heavy (non-hydrogen) atoms. The van der Waals surface area contributed by atoms with Crippen LogP contribution < -0.4 is 10.1 Å². The zero-order valence-corrected chi connectivity index (χ0v) is 12.4. The van der Waals surface area contributed by atoms with Crippen LogP contribution in [0.1, 0.15) is 57.6 Å². The van der Waals surface area contributed by atoms with E-state index in [0.29, 0.717) is 0 Å². The van der Waals surface area contributed by atoms with Gasteiger partial charge < -0.3 is 10.1 Å². The first-order chi connectivity index (χ1) is 9.69. The van der Waals surface area contributed by atoms with Crippen molar-refractivity contribution >= 4 is 0 Å². The third-order valence-electron chi connectivity index (χ3n) is 3.31. The molecule has 0 aliphatic rings. The third-order valence-corrected chi connectivity index (χ3v) is 3.31. The highest BCUT2D eigenvalue weighted by atomic mass is 19.3. The average Bonchev–Trinajstić information content (AvgIpc) is 2.42. The van der Waals surface area contributed by atoms with Gasteiger partial charge >= 0.3 is 6.61 Å². The first-order valence-corrected chi connectivity index (χ1v) is 7.46. The lowest BCUT2D eigenvalue weighted by Crippen LogP contribution is -2.22. The van der Waals surface area contributed by atoms with E-state index in [0.717, 1.165) is 24.9 Å². The summed E-state index contributed by atoms with van der Waals surface area (Å²) in [5.74, 6) is 0.281. The van der Waals surface area contributed by atoms with E-state index < -0.39 is 6.61 Å². The second kappa shape index (κ2) is 9.70. The van der Waals surface area contributed by atoms with Crippen molar-refractivity contribution in [1.29, 1.82) is 0 Å². The molecule has 114 valence electrons. The molecule has 0 amide bonds. The molecule has 0 saturated carbocycles. The van der Waals surface area contributed by atoms with Crippen molar-refractivity contribution in [3.63, 3.8) is 0 Å². The normalized spacial score (nSPS) is 12.7. The van der Waals surface area contributed by atoms with E-state index in [1.54, 1.807) is 12.1 Å². The summed E-state index contributed by atoms with van der Waals surface area (Å²) in [4.78, 5) is 0. The Morgan fingerprint density at radius 3 is 2.50 bits per heavy atom. The standard InChI is InChI=1S/C16H25F2NO/c1-3-5-6-7-11-14(19-4-2)13-10-8-9-12-15(13)20-16(17)18/h8-10,12,14,16,19H,3-7,11H2,1-2H3. The fraction of sp³-hybridized carbons (Fsp3) is 0.625. The number of hydrogen-bond donors (Lipinski definition) is 1. The quantitative estimate of drug-likeness (QED) is 0.617. The van der Waals surface area contributed by atoms with Gasteiger partial charge in [-0.2, -0.15) is 8.78 Å². The topological polar surface area (TPSA) is 21.3 Å². The minimum atomic E-state index is -2.78. The van der Waals surface area contributed by atoms with Crippen LogP contribution in [0.15, 0.2) is 24.3 Å². The van der Waals surface area contributed by atoms with Gasteiger partial charge in [-0.25, -0.2) is 0 Å². The fourth-order valence-corrected chi connectivity index (χ4v) is 2.36. The van der Waals surface area contributed by atoms with Crippen LogP contribution in [0.5, 0.6) is 5.75 Å². The molecule has 1 rings (SSSR count). The molecule has 0 bridgehead atoms. The largest absolute Gasteiger partial charge is 0.434 e. The van der Waals surface area contributed by atoms with E-state index >= 15 is 0 Å². The molecule has 1 aromatic carbocycles. The lowest BCUT2D eigenvalue weighted by molar-refractivity contribution is -0.0507. The fourth-order valence-electron chi connectivity index (χ4n) is 2.36. The highest BCUT2D eigenvalue weighted by Gasteiger charge is 2.16. The molecule has 0 heterocycles. The Hall–Kier alpha value is -1.16. The molecule has 0 aromatic heterocycles. The Balaban J connectivity index is 2.74. The maximum absolute atomic E-state index is 12.5. The van der Waals surface area contributed by atoms with Crippen LogP contribution in [0.2, 0.25) is 0 Å². The van der Waals surface area contributed by atoms with Gasteiger partial charge in [-0.1, -0.05) is 57.7 Å². The number of benzene rings is 1. The lowest BCUT2D eigenvalue weighted by atomic mass is 9.99. The molecule has 1 atom stereocenters. The molecule has 1 N–H and O–H groups in total. The number of ether oxygens (including phenoxy) is 1. The Bertz CT molecular complexity index is 371. The highest BCUT2D eigenvalue weighted by molar-refractivity contribution is 5.36. The van der Waals surface area contributed by atoms with Gasteiger partial charge in [-0.3, -0.25) is 0 Å². The van der Waals surface area contributed by atoms with Crippen molar-refractivity contribution < 1.29 is 13.5 Å². The van der Waals surface area contributed by atoms with E-state index in [9.17, 15) is 8.78 Å². The summed E-state index contributed by atoms with van der Waals surface area (Å²) in [5, 5.41) is 3.36. The van der Waals surface area contributed by atoms with E-state index in [4.69, 9.17) is 0 Å². The third kappa shape index (κ3) is 5.87. The van der Waals surface area contributed by atoms with Crippen LogP contribution in [0.4, 0.5) is 8.78 Å². The molecule has 0 spiro atoms. The Labute approximate surface area is 120 Å². The van der Waals surface area contributed by atoms with E-state index in [-0.39, 0.29) is 11.8 Å².